The minimum absolute atomic E-state index is 0.858. The third-order valence-corrected chi connectivity index (χ3v) is 3.69. The van der Waals surface area contributed by atoms with Crippen molar-refractivity contribution >= 4 is 17.6 Å². The van der Waals surface area contributed by atoms with Crippen molar-refractivity contribution in [2.75, 3.05) is 11.9 Å². The van der Waals surface area contributed by atoms with Crippen LogP contribution in [0.2, 0.25) is 0 Å². The highest BCUT2D eigenvalue weighted by Crippen LogP contribution is 2.30. The van der Waals surface area contributed by atoms with Crippen LogP contribution in [-0.2, 0) is 13.5 Å². The Morgan fingerprint density at radius 3 is 2.72 bits per heavy atom. The summed E-state index contributed by atoms with van der Waals surface area (Å²) in [6, 6.07) is 0. The van der Waals surface area contributed by atoms with E-state index in [2.05, 4.69) is 34.1 Å². The lowest BCUT2D eigenvalue weighted by Gasteiger charge is -2.11. The molecule has 2 rings (SSSR count). The first kappa shape index (κ1) is 12.9. The Kier molecular flexibility index (Phi) is 4.19. The molecule has 0 aliphatic heterocycles. The van der Waals surface area contributed by atoms with E-state index in [1.807, 2.05) is 17.8 Å². The average Bonchev–Trinajstić information content (AvgIpc) is 2.76. The van der Waals surface area contributed by atoms with Crippen LogP contribution in [0.3, 0.4) is 0 Å². The maximum atomic E-state index is 4.37. The zero-order valence-electron chi connectivity index (χ0n) is 10.8. The van der Waals surface area contributed by atoms with Crippen molar-refractivity contribution in [3.8, 4) is 0 Å². The van der Waals surface area contributed by atoms with Gasteiger partial charge in [0.05, 0.1) is 0 Å². The van der Waals surface area contributed by atoms with Crippen molar-refractivity contribution in [1.82, 2.24) is 19.5 Å². The van der Waals surface area contributed by atoms with Gasteiger partial charge in [0.25, 0.3) is 0 Å². The number of imidazole rings is 1. The van der Waals surface area contributed by atoms with E-state index in [9.17, 15) is 0 Å². The molecule has 1 N–H and O–H groups in total. The van der Waals surface area contributed by atoms with Gasteiger partial charge in [-0.1, -0.05) is 6.92 Å². The van der Waals surface area contributed by atoms with Gasteiger partial charge in [-0.15, -0.1) is 0 Å². The Hall–Kier alpha value is -1.56. The fourth-order valence-corrected chi connectivity index (χ4v) is 2.61. The highest BCUT2D eigenvalue weighted by atomic mass is 32.2. The third-order valence-electron chi connectivity index (χ3n) is 2.57. The zero-order valence-corrected chi connectivity index (χ0v) is 11.7. The van der Waals surface area contributed by atoms with Gasteiger partial charge in [-0.3, -0.25) is 0 Å². The number of aromatic nitrogens is 4. The molecule has 0 bridgehead atoms. The molecule has 0 fully saturated rings. The summed E-state index contributed by atoms with van der Waals surface area (Å²) in [4.78, 5) is 13.0. The lowest BCUT2D eigenvalue weighted by molar-refractivity contribution is 0.787. The second-order valence-electron chi connectivity index (χ2n) is 3.81. The quantitative estimate of drug-likeness (QED) is 0.839. The van der Waals surface area contributed by atoms with Crippen LogP contribution in [0.1, 0.15) is 19.4 Å². The molecular weight excluding hydrogens is 246 g/mol. The normalized spacial score (nSPS) is 10.6. The Bertz CT molecular complexity index is 523. The van der Waals surface area contributed by atoms with Crippen LogP contribution < -0.4 is 5.32 Å². The molecule has 18 heavy (non-hydrogen) atoms. The highest BCUT2D eigenvalue weighted by molar-refractivity contribution is 7.99. The van der Waals surface area contributed by atoms with Crippen LogP contribution in [0.15, 0.2) is 28.9 Å². The van der Waals surface area contributed by atoms with Gasteiger partial charge >= 0.3 is 0 Å². The summed E-state index contributed by atoms with van der Waals surface area (Å²) in [6.45, 7) is 5.03. The summed E-state index contributed by atoms with van der Waals surface area (Å²) in [5, 5.41) is 5.18. The van der Waals surface area contributed by atoms with Gasteiger partial charge in [0, 0.05) is 31.5 Å². The maximum Gasteiger partial charge on any atom is 0.174 e. The molecule has 0 atom stereocenters. The van der Waals surface area contributed by atoms with Gasteiger partial charge in [-0.05, 0) is 25.1 Å². The Morgan fingerprint density at radius 2 is 2.11 bits per heavy atom. The second-order valence-corrected chi connectivity index (χ2v) is 4.77. The molecule has 0 aliphatic rings. The lowest BCUT2D eigenvalue weighted by Crippen LogP contribution is -2.05. The van der Waals surface area contributed by atoms with Crippen molar-refractivity contribution in [2.24, 2.45) is 7.05 Å². The fourth-order valence-electron chi connectivity index (χ4n) is 1.66. The lowest BCUT2D eigenvalue weighted by atomic mass is 10.2. The molecule has 2 aromatic heterocycles. The number of hydrogen-bond donors (Lipinski definition) is 1. The van der Waals surface area contributed by atoms with Crippen molar-refractivity contribution in [3.63, 3.8) is 0 Å². The topological polar surface area (TPSA) is 55.6 Å². The third kappa shape index (κ3) is 2.64. The van der Waals surface area contributed by atoms with E-state index in [1.54, 1.807) is 24.3 Å². The number of hydrogen-bond acceptors (Lipinski definition) is 5. The first-order valence-electron chi connectivity index (χ1n) is 5.99. The standard InChI is InChI=1S/C12H17N5S/c1-4-9-10(13-5-2)15-8-16-11(9)18-12-14-6-7-17(12)3/h6-8H,4-5H2,1-3H3,(H,13,15,16). The predicted molar refractivity (Wildman–Crippen MR) is 72.9 cm³/mol. The molecule has 6 heteroatoms. The summed E-state index contributed by atoms with van der Waals surface area (Å²) in [7, 11) is 1.98. The molecule has 5 nitrogen and oxygen atoms in total. The van der Waals surface area contributed by atoms with Crippen molar-refractivity contribution in [3.05, 3.63) is 24.3 Å². The van der Waals surface area contributed by atoms with Crippen LogP contribution in [0, 0.1) is 0 Å². The van der Waals surface area contributed by atoms with Crippen molar-refractivity contribution in [1.29, 1.82) is 0 Å². The van der Waals surface area contributed by atoms with Crippen LogP contribution >= 0.6 is 11.8 Å². The Labute approximate surface area is 111 Å². The van der Waals surface area contributed by atoms with Gasteiger partial charge in [-0.25, -0.2) is 15.0 Å². The van der Waals surface area contributed by atoms with Crippen molar-refractivity contribution < 1.29 is 0 Å². The van der Waals surface area contributed by atoms with Gasteiger partial charge in [0.1, 0.15) is 17.2 Å². The van der Waals surface area contributed by atoms with E-state index in [0.29, 0.717) is 0 Å². The van der Waals surface area contributed by atoms with Crippen LogP contribution in [-0.4, -0.2) is 26.1 Å². The van der Waals surface area contributed by atoms with E-state index in [1.165, 1.54) is 0 Å². The molecule has 0 unspecified atom stereocenters. The average molecular weight is 263 g/mol. The molecular formula is C12H17N5S. The minimum Gasteiger partial charge on any atom is -0.370 e. The first-order chi connectivity index (χ1) is 8.76. The van der Waals surface area contributed by atoms with E-state index < -0.39 is 0 Å². The SMILES string of the molecule is CCNc1ncnc(Sc2nccn2C)c1CC. The van der Waals surface area contributed by atoms with E-state index in [4.69, 9.17) is 0 Å². The number of nitrogens with one attached hydrogen (secondary N) is 1. The monoisotopic (exact) mass is 263 g/mol. The van der Waals surface area contributed by atoms with E-state index >= 15 is 0 Å². The Morgan fingerprint density at radius 1 is 1.28 bits per heavy atom. The second kappa shape index (κ2) is 5.86. The molecule has 0 aliphatic carbocycles. The van der Waals surface area contributed by atoms with Crippen LogP contribution in [0.4, 0.5) is 5.82 Å². The maximum absolute atomic E-state index is 4.37. The van der Waals surface area contributed by atoms with E-state index in [-0.39, 0.29) is 0 Å². The van der Waals surface area contributed by atoms with Crippen LogP contribution in [0.25, 0.3) is 0 Å². The summed E-state index contributed by atoms with van der Waals surface area (Å²) < 4.78 is 1.99. The van der Waals surface area contributed by atoms with Gasteiger partial charge in [0.15, 0.2) is 5.16 Å². The Balaban J connectivity index is 2.32. The highest BCUT2D eigenvalue weighted by Gasteiger charge is 2.12. The summed E-state index contributed by atoms with van der Waals surface area (Å²) in [6.07, 6.45) is 6.22. The number of nitrogens with zero attached hydrogens (tertiary/aromatic N) is 4. The van der Waals surface area contributed by atoms with E-state index in [0.717, 1.165) is 34.5 Å². The predicted octanol–water partition coefficient (Wildman–Crippen LogP) is 2.36. The molecule has 96 valence electrons. The first-order valence-corrected chi connectivity index (χ1v) is 6.80. The molecule has 0 amide bonds. The summed E-state index contributed by atoms with van der Waals surface area (Å²) in [5.41, 5.74) is 1.15. The molecule has 2 aromatic rings. The van der Waals surface area contributed by atoms with Gasteiger partial charge < -0.3 is 9.88 Å². The number of rotatable bonds is 5. The van der Waals surface area contributed by atoms with Gasteiger partial charge in [0.2, 0.25) is 0 Å². The van der Waals surface area contributed by atoms with Gasteiger partial charge in [-0.2, -0.15) is 0 Å². The molecule has 0 aromatic carbocycles. The molecule has 0 spiro atoms. The largest absolute Gasteiger partial charge is 0.370 e. The smallest absolute Gasteiger partial charge is 0.174 e. The summed E-state index contributed by atoms with van der Waals surface area (Å²) >= 11 is 1.57. The molecule has 0 radical (unpaired) electrons. The molecule has 0 saturated carbocycles. The summed E-state index contributed by atoms with van der Waals surface area (Å²) in [5.74, 6) is 0.923. The number of anilines is 1. The van der Waals surface area contributed by atoms with Crippen molar-refractivity contribution in [2.45, 2.75) is 30.5 Å². The zero-order chi connectivity index (χ0) is 13.0. The molecule has 0 saturated heterocycles. The number of aryl methyl sites for hydroxylation is 1. The van der Waals surface area contributed by atoms with Crippen LogP contribution in [0.5, 0.6) is 0 Å². The molecule has 2 heterocycles. The fraction of sp³-hybridized carbons (Fsp3) is 0.417. The minimum atomic E-state index is 0.858.